The molecule has 0 bridgehead atoms. The van der Waals surface area contributed by atoms with Crippen LogP contribution < -0.4 is 14.8 Å². The smallest absolute Gasteiger partial charge is 0.180 e. The molecule has 3 nitrogen and oxygen atoms in total. The van der Waals surface area contributed by atoms with Crippen LogP contribution in [-0.4, -0.2) is 13.2 Å². The second-order valence-corrected chi connectivity index (χ2v) is 8.22. The lowest BCUT2D eigenvalue weighted by atomic mass is 10.1. The van der Waals surface area contributed by atoms with Gasteiger partial charge in [0.2, 0.25) is 0 Å². The van der Waals surface area contributed by atoms with E-state index in [9.17, 15) is 4.39 Å². The van der Waals surface area contributed by atoms with E-state index >= 15 is 0 Å². The first-order valence-corrected chi connectivity index (χ1v) is 10.9. The van der Waals surface area contributed by atoms with Crippen molar-refractivity contribution in [1.82, 2.24) is 5.32 Å². The summed E-state index contributed by atoms with van der Waals surface area (Å²) in [6, 6.07) is 19.0. The number of benzene rings is 3. The maximum absolute atomic E-state index is 14.0. The van der Waals surface area contributed by atoms with Crippen LogP contribution in [0.2, 0.25) is 10.0 Å². The molecule has 0 unspecified atom stereocenters. The number of methoxy groups -OCH3 is 1. The average molecular weight is 462 g/mol. The molecule has 31 heavy (non-hydrogen) atoms. The van der Waals surface area contributed by atoms with Gasteiger partial charge in [0.15, 0.2) is 11.5 Å². The summed E-state index contributed by atoms with van der Waals surface area (Å²) in [5, 5.41) is 4.23. The topological polar surface area (TPSA) is 30.5 Å². The van der Waals surface area contributed by atoms with Crippen LogP contribution in [-0.2, 0) is 19.6 Å². The normalized spacial score (nSPS) is 11.9. The van der Waals surface area contributed by atoms with E-state index in [-0.39, 0.29) is 12.2 Å². The Bertz CT molecular complexity index is 978. The molecule has 0 aliphatic carbocycles. The van der Waals surface area contributed by atoms with Gasteiger partial charge in [0.25, 0.3) is 0 Å². The van der Waals surface area contributed by atoms with Crippen LogP contribution in [0.1, 0.15) is 30.0 Å². The molecular formula is C25H26Cl2FNO2. The van der Waals surface area contributed by atoms with E-state index in [4.69, 9.17) is 32.7 Å². The molecule has 0 fully saturated rings. The maximum atomic E-state index is 14.0. The highest BCUT2D eigenvalue weighted by molar-refractivity contribution is 6.32. The molecule has 0 heterocycles. The molecule has 0 saturated heterocycles. The fourth-order valence-corrected chi connectivity index (χ4v) is 3.76. The fraction of sp³-hybridized carbons (Fsp3) is 0.280. The van der Waals surface area contributed by atoms with Crippen molar-refractivity contribution >= 4 is 23.2 Å². The van der Waals surface area contributed by atoms with Crippen molar-refractivity contribution in [3.63, 3.8) is 0 Å². The third-order valence-electron chi connectivity index (χ3n) is 5.08. The molecule has 3 aromatic carbocycles. The van der Waals surface area contributed by atoms with E-state index in [1.165, 1.54) is 11.6 Å². The summed E-state index contributed by atoms with van der Waals surface area (Å²) in [4.78, 5) is 0. The maximum Gasteiger partial charge on any atom is 0.180 e. The molecular weight excluding hydrogens is 436 g/mol. The van der Waals surface area contributed by atoms with Crippen LogP contribution in [0.5, 0.6) is 11.5 Å². The number of halogens is 3. The lowest BCUT2D eigenvalue weighted by molar-refractivity contribution is 0.280. The fourth-order valence-electron chi connectivity index (χ4n) is 3.25. The molecule has 1 atom stereocenters. The lowest BCUT2D eigenvalue weighted by Crippen LogP contribution is -2.26. The zero-order chi connectivity index (χ0) is 22.2. The summed E-state index contributed by atoms with van der Waals surface area (Å²) in [7, 11) is 1.55. The van der Waals surface area contributed by atoms with Crippen LogP contribution in [0, 0.1) is 5.82 Å². The van der Waals surface area contributed by atoms with Crippen molar-refractivity contribution in [2.45, 2.75) is 39.0 Å². The Morgan fingerprint density at radius 2 is 1.74 bits per heavy atom. The van der Waals surface area contributed by atoms with E-state index in [1.54, 1.807) is 19.2 Å². The van der Waals surface area contributed by atoms with Gasteiger partial charge in [0.1, 0.15) is 12.4 Å². The van der Waals surface area contributed by atoms with Gasteiger partial charge >= 0.3 is 0 Å². The van der Waals surface area contributed by atoms with Gasteiger partial charge in [-0.15, -0.1) is 0 Å². The molecule has 3 aromatic rings. The standard InChI is InChI=1S/C25H26Cl2FNO2/c1-17(11-12-18-7-4-3-5-8-18)29-15-19-13-22(27)25(24(14-19)30-2)31-16-20-21(26)9-6-10-23(20)28/h3-10,13-14,17,29H,11-12,15-16H2,1-2H3/t17-/m1/s1. The summed E-state index contributed by atoms with van der Waals surface area (Å²) in [6.45, 7) is 2.76. The van der Waals surface area contributed by atoms with E-state index in [2.05, 4.69) is 36.5 Å². The minimum Gasteiger partial charge on any atom is -0.493 e. The molecule has 0 radical (unpaired) electrons. The molecule has 0 aliphatic rings. The van der Waals surface area contributed by atoms with Crippen molar-refractivity contribution in [2.24, 2.45) is 0 Å². The first-order valence-electron chi connectivity index (χ1n) is 10.2. The van der Waals surface area contributed by atoms with Crippen LogP contribution in [0.4, 0.5) is 4.39 Å². The quantitative estimate of drug-likeness (QED) is 0.358. The van der Waals surface area contributed by atoms with Crippen LogP contribution in [0.25, 0.3) is 0 Å². The third-order valence-corrected chi connectivity index (χ3v) is 5.71. The largest absolute Gasteiger partial charge is 0.493 e. The summed E-state index contributed by atoms with van der Waals surface area (Å²) in [5.41, 5.74) is 2.59. The predicted octanol–water partition coefficient (Wildman–Crippen LogP) is 6.83. The Morgan fingerprint density at radius 1 is 0.968 bits per heavy atom. The zero-order valence-corrected chi connectivity index (χ0v) is 19.1. The Morgan fingerprint density at radius 3 is 2.45 bits per heavy atom. The molecule has 164 valence electrons. The number of rotatable bonds is 10. The minimum atomic E-state index is -0.423. The second kappa shape index (κ2) is 11.4. The average Bonchev–Trinajstić information content (AvgIpc) is 2.77. The van der Waals surface area contributed by atoms with Crippen molar-refractivity contribution in [3.05, 3.63) is 93.2 Å². The van der Waals surface area contributed by atoms with Gasteiger partial charge in [-0.25, -0.2) is 4.39 Å². The van der Waals surface area contributed by atoms with Crippen molar-refractivity contribution in [3.8, 4) is 11.5 Å². The third kappa shape index (κ3) is 6.60. The van der Waals surface area contributed by atoms with Crippen LogP contribution in [0.15, 0.2) is 60.7 Å². The van der Waals surface area contributed by atoms with Crippen molar-refractivity contribution in [2.75, 3.05) is 7.11 Å². The summed E-state index contributed by atoms with van der Waals surface area (Å²) >= 11 is 12.5. The number of hydrogen-bond acceptors (Lipinski definition) is 3. The molecule has 3 rings (SSSR count). The van der Waals surface area contributed by atoms with Gasteiger partial charge in [-0.05, 0) is 55.2 Å². The second-order valence-electron chi connectivity index (χ2n) is 7.40. The summed E-state index contributed by atoms with van der Waals surface area (Å²) in [5.74, 6) is 0.436. The highest BCUT2D eigenvalue weighted by atomic mass is 35.5. The number of nitrogens with one attached hydrogen (secondary N) is 1. The Balaban J connectivity index is 1.61. The summed E-state index contributed by atoms with van der Waals surface area (Å²) < 4.78 is 25.2. The zero-order valence-electron chi connectivity index (χ0n) is 17.6. The van der Waals surface area contributed by atoms with Gasteiger partial charge in [0.05, 0.1) is 17.2 Å². The monoisotopic (exact) mass is 461 g/mol. The Labute approximate surface area is 193 Å². The number of hydrogen-bond donors (Lipinski definition) is 1. The minimum absolute atomic E-state index is 0.0459. The SMILES string of the molecule is COc1cc(CN[C@H](C)CCc2ccccc2)cc(Cl)c1OCc1c(F)cccc1Cl. The van der Waals surface area contributed by atoms with Crippen molar-refractivity contribution in [1.29, 1.82) is 0 Å². The number of aryl methyl sites for hydroxylation is 1. The van der Waals surface area contributed by atoms with Gasteiger partial charge in [-0.1, -0.05) is 59.6 Å². The van der Waals surface area contributed by atoms with Gasteiger partial charge < -0.3 is 14.8 Å². The van der Waals surface area contributed by atoms with Gasteiger partial charge in [0, 0.05) is 18.2 Å². The molecule has 0 aromatic heterocycles. The molecule has 6 heteroatoms. The van der Waals surface area contributed by atoms with E-state index in [0.717, 1.165) is 18.4 Å². The number of ether oxygens (including phenoxy) is 2. The first-order chi connectivity index (χ1) is 15.0. The van der Waals surface area contributed by atoms with E-state index in [0.29, 0.717) is 34.1 Å². The van der Waals surface area contributed by atoms with Crippen LogP contribution in [0.3, 0.4) is 0 Å². The van der Waals surface area contributed by atoms with Gasteiger partial charge in [-0.2, -0.15) is 0 Å². The predicted molar refractivity (Wildman–Crippen MR) is 125 cm³/mol. The van der Waals surface area contributed by atoms with E-state index in [1.807, 2.05) is 18.2 Å². The molecule has 0 saturated carbocycles. The first kappa shape index (κ1) is 23.4. The highest BCUT2D eigenvalue weighted by Crippen LogP contribution is 2.37. The Hall–Kier alpha value is -2.27. The Kier molecular flexibility index (Phi) is 8.59. The molecule has 0 amide bonds. The van der Waals surface area contributed by atoms with Gasteiger partial charge in [-0.3, -0.25) is 0 Å². The lowest BCUT2D eigenvalue weighted by Gasteiger charge is -2.17. The summed E-state index contributed by atoms with van der Waals surface area (Å²) in [6.07, 6.45) is 2.05. The highest BCUT2D eigenvalue weighted by Gasteiger charge is 2.15. The molecule has 0 spiro atoms. The molecule has 0 aliphatic heterocycles. The van der Waals surface area contributed by atoms with E-state index < -0.39 is 5.82 Å². The van der Waals surface area contributed by atoms with Crippen LogP contribution >= 0.6 is 23.2 Å². The van der Waals surface area contributed by atoms with Crippen molar-refractivity contribution < 1.29 is 13.9 Å². The molecule has 1 N–H and O–H groups in total.